The number of alkyl halides is 3. The van der Waals surface area contributed by atoms with Gasteiger partial charge in [-0.25, -0.2) is 0 Å². The van der Waals surface area contributed by atoms with Crippen molar-refractivity contribution in [2.75, 3.05) is 13.2 Å². The molecule has 90 valence electrons. The molecular formula is C10H18F3NO. The third-order valence-electron chi connectivity index (χ3n) is 2.41. The van der Waals surface area contributed by atoms with Gasteiger partial charge in [0.25, 0.3) is 0 Å². The maximum Gasteiger partial charge on any atom is 0.414 e. The summed E-state index contributed by atoms with van der Waals surface area (Å²) in [4.78, 5) is 0. The number of halogens is 3. The van der Waals surface area contributed by atoms with Crippen LogP contribution in [0.5, 0.6) is 0 Å². The van der Waals surface area contributed by atoms with Crippen molar-refractivity contribution in [3.8, 4) is 0 Å². The lowest BCUT2D eigenvalue weighted by Gasteiger charge is -2.16. The molecule has 0 spiro atoms. The van der Waals surface area contributed by atoms with Gasteiger partial charge >= 0.3 is 6.18 Å². The molecule has 0 radical (unpaired) electrons. The van der Waals surface area contributed by atoms with Crippen LogP contribution < -0.4 is 5.32 Å². The fourth-order valence-electron chi connectivity index (χ4n) is 1.18. The van der Waals surface area contributed by atoms with E-state index < -0.39 is 12.3 Å². The van der Waals surface area contributed by atoms with E-state index in [1.807, 2.05) is 0 Å². The summed E-state index contributed by atoms with van der Waals surface area (Å²) in [5.41, 5.74) is 0. The van der Waals surface area contributed by atoms with E-state index in [2.05, 4.69) is 10.1 Å². The summed E-state index contributed by atoms with van der Waals surface area (Å²) in [5, 5.41) is 3.30. The summed E-state index contributed by atoms with van der Waals surface area (Å²) in [6.07, 6.45) is -1.84. The van der Waals surface area contributed by atoms with E-state index in [0.717, 1.165) is 19.9 Å². The van der Waals surface area contributed by atoms with Gasteiger partial charge in [-0.1, -0.05) is 0 Å². The lowest BCUT2D eigenvalue weighted by atomic mass is 10.3. The Morgan fingerprint density at radius 1 is 1.33 bits per heavy atom. The predicted molar refractivity (Wildman–Crippen MR) is 51.7 cm³/mol. The second-order valence-corrected chi connectivity index (χ2v) is 3.99. The second-order valence-electron chi connectivity index (χ2n) is 3.99. The van der Waals surface area contributed by atoms with Gasteiger partial charge in [-0.05, 0) is 39.2 Å². The molecule has 1 rings (SSSR count). The molecular weight excluding hydrogens is 207 g/mol. The van der Waals surface area contributed by atoms with Gasteiger partial charge in [0.1, 0.15) is 0 Å². The fourth-order valence-corrected chi connectivity index (χ4v) is 1.18. The zero-order valence-electron chi connectivity index (χ0n) is 8.94. The first-order valence-electron chi connectivity index (χ1n) is 5.42. The van der Waals surface area contributed by atoms with E-state index >= 15 is 0 Å². The first kappa shape index (κ1) is 12.8. The van der Waals surface area contributed by atoms with E-state index in [1.54, 1.807) is 0 Å². The molecule has 5 heteroatoms. The fraction of sp³-hybridized carbons (Fsp3) is 1.00. The number of ether oxygens (including phenoxy) is 1. The molecule has 0 heterocycles. The molecule has 1 N–H and O–H groups in total. The smallest absolute Gasteiger partial charge is 0.369 e. The summed E-state index contributed by atoms with van der Waals surface area (Å²) in [6.45, 7) is 2.11. The second kappa shape index (κ2) is 5.70. The number of hydrogen-bond donors (Lipinski definition) is 1. The van der Waals surface area contributed by atoms with E-state index in [1.165, 1.54) is 12.8 Å². The van der Waals surface area contributed by atoms with Crippen molar-refractivity contribution in [3.05, 3.63) is 0 Å². The van der Waals surface area contributed by atoms with Crippen molar-refractivity contribution < 1.29 is 17.9 Å². The number of hydrogen-bond acceptors (Lipinski definition) is 2. The monoisotopic (exact) mass is 225 g/mol. The summed E-state index contributed by atoms with van der Waals surface area (Å²) in [6, 6.07) is 0.667. The van der Waals surface area contributed by atoms with Crippen LogP contribution in [0.1, 0.15) is 32.6 Å². The molecule has 1 aliphatic rings. The Morgan fingerprint density at radius 2 is 2.00 bits per heavy atom. The highest BCUT2D eigenvalue weighted by Crippen LogP contribution is 2.22. The van der Waals surface area contributed by atoms with Crippen LogP contribution in [0.25, 0.3) is 0 Å². The number of nitrogens with one attached hydrogen (secondary N) is 1. The highest BCUT2D eigenvalue weighted by molar-refractivity contribution is 4.80. The van der Waals surface area contributed by atoms with Gasteiger partial charge in [0.2, 0.25) is 0 Å². The Kier molecular flexibility index (Phi) is 4.86. The zero-order valence-corrected chi connectivity index (χ0v) is 8.94. The first-order chi connectivity index (χ1) is 7.00. The van der Waals surface area contributed by atoms with Gasteiger partial charge in [-0.2, -0.15) is 13.2 Å². The van der Waals surface area contributed by atoms with Crippen LogP contribution in [-0.4, -0.2) is 31.5 Å². The van der Waals surface area contributed by atoms with Crippen LogP contribution in [0.15, 0.2) is 0 Å². The topological polar surface area (TPSA) is 21.3 Å². The van der Waals surface area contributed by atoms with E-state index in [-0.39, 0.29) is 6.61 Å². The third kappa shape index (κ3) is 5.99. The highest BCUT2D eigenvalue weighted by Gasteiger charge is 2.36. The third-order valence-corrected chi connectivity index (χ3v) is 2.41. The minimum Gasteiger partial charge on any atom is -0.369 e. The zero-order chi connectivity index (χ0) is 11.3. The van der Waals surface area contributed by atoms with Crippen molar-refractivity contribution in [2.24, 2.45) is 0 Å². The summed E-state index contributed by atoms with van der Waals surface area (Å²) in [7, 11) is 0. The Bertz CT molecular complexity index is 180. The van der Waals surface area contributed by atoms with Crippen LogP contribution in [0.3, 0.4) is 0 Å². The van der Waals surface area contributed by atoms with Gasteiger partial charge in [0.05, 0.1) is 0 Å². The van der Waals surface area contributed by atoms with Crippen LogP contribution >= 0.6 is 0 Å². The molecule has 0 bridgehead atoms. The van der Waals surface area contributed by atoms with Crippen molar-refractivity contribution >= 4 is 0 Å². The molecule has 0 aromatic heterocycles. The molecule has 0 amide bonds. The average molecular weight is 225 g/mol. The Labute approximate surface area is 88.2 Å². The normalized spacial score (nSPS) is 19.2. The SMILES string of the molecule is CC(OCCCCNC1CC1)C(F)(F)F. The predicted octanol–water partition coefficient (Wildman–Crippen LogP) is 2.49. The average Bonchev–Trinajstić information content (AvgIpc) is 2.92. The molecule has 15 heavy (non-hydrogen) atoms. The standard InChI is InChI=1S/C10H18F3NO/c1-8(10(11,12)13)15-7-3-2-6-14-9-4-5-9/h8-9,14H,2-7H2,1H3. The molecule has 1 atom stereocenters. The minimum absolute atomic E-state index is 0.188. The molecule has 0 saturated heterocycles. The molecule has 0 aromatic rings. The van der Waals surface area contributed by atoms with Gasteiger partial charge in [0, 0.05) is 12.6 Å². The Balaban J connectivity index is 1.87. The Morgan fingerprint density at radius 3 is 2.53 bits per heavy atom. The molecule has 1 unspecified atom stereocenters. The van der Waals surface area contributed by atoms with E-state index in [4.69, 9.17) is 0 Å². The molecule has 2 nitrogen and oxygen atoms in total. The maximum absolute atomic E-state index is 12.0. The Hall–Kier alpha value is -0.290. The van der Waals surface area contributed by atoms with Crippen LogP contribution in [0.4, 0.5) is 13.2 Å². The number of unbranched alkanes of at least 4 members (excludes halogenated alkanes) is 1. The maximum atomic E-state index is 12.0. The van der Waals surface area contributed by atoms with Gasteiger partial charge in [-0.3, -0.25) is 0 Å². The highest BCUT2D eigenvalue weighted by atomic mass is 19.4. The largest absolute Gasteiger partial charge is 0.414 e. The molecule has 0 aliphatic heterocycles. The lowest BCUT2D eigenvalue weighted by molar-refractivity contribution is -0.214. The van der Waals surface area contributed by atoms with Gasteiger partial charge in [0.15, 0.2) is 6.10 Å². The van der Waals surface area contributed by atoms with Crippen molar-refractivity contribution in [3.63, 3.8) is 0 Å². The van der Waals surface area contributed by atoms with Gasteiger partial charge < -0.3 is 10.1 Å². The quantitative estimate of drug-likeness (QED) is 0.672. The van der Waals surface area contributed by atoms with Crippen LogP contribution in [-0.2, 0) is 4.74 Å². The van der Waals surface area contributed by atoms with Crippen molar-refractivity contribution in [2.45, 2.75) is 50.9 Å². The summed E-state index contributed by atoms with van der Waals surface area (Å²) < 4.78 is 40.7. The summed E-state index contributed by atoms with van der Waals surface area (Å²) >= 11 is 0. The van der Waals surface area contributed by atoms with Gasteiger partial charge in [-0.15, -0.1) is 0 Å². The first-order valence-corrected chi connectivity index (χ1v) is 5.42. The minimum atomic E-state index is -4.23. The van der Waals surface area contributed by atoms with Crippen molar-refractivity contribution in [1.29, 1.82) is 0 Å². The van der Waals surface area contributed by atoms with Crippen LogP contribution in [0, 0.1) is 0 Å². The molecule has 1 fully saturated rings. The molecule has 1 aliphatic carbocycles. The van der Waals surface area contributed by atoms with E-state index in [0.29, 0.717) is 12.5 Å². The summed E-state index contributed by atoms with van der Waals surface area (Å²) in [5.74, 6) is 0. The lowest BCUT2D eigenvalue weighted by Crippen LogP contribution is -2.29. The van der Waals surface area contributed by atoms with Crippen LogP contribution in [0.2, 0.25) is 0 Å². The molecule has 1 saturated carbocycles. The number of rotatable bonds is 7. The van der Waals surface area contributed by atoms with Crippen molar-refractivity contribution in [1.82, 2.24) is 5.32 Å². The van der Waals surface area contributed by atoms with E-state index in [9.17, 15) is 13.2 Å². The molecule has 0 aromatic carbocycles.